The van der Waals surface area contributed by atoms with Gasteiger partial charge in [0.05, 0.1) is 10.7 Å². The van der Waals surface area contributed by atoms with Gasteiger partial charge in [0.25, 0.3) is 5.91 Å². The van der Waals surface area contributed by atoms with Crippen molar-refractivity contribution >= 4 is 38.9 Å². The minimum Gasteiger partial charge on any atom is -0.266 e. The van der Waals surface area contributed by atoms with E-state index in [0.29, 0.717) is 9.90 Å². The van der Waals surface area contributed by atoms with Crippen LogP contribution in [0.15, 0.2) is 24.3 Å². The molecule has 0 amide bonds. The van der Waals surface area contributed by atoms with E-state index in [4.69, 9.17) is 11.6 Å². The molecule has 2 heterocycles. The van der Waals surface area contributed by atoms with E-state index >= 15 is 0 Å². The third kappa shape index (κ3) is 2.81. The number of nitrogens with zero attached hydrogens (tertiary/aromatic N) is 2. The number of aryl methyl sites for hydroxylation is 1. The lowest BCUT2D eigenvalue weighted by Gasteiger charge is -2.03. The highest BCUT2D eigenvalue weighted by Crippen LogP contribution is 2.35. The summed E-state index contributed by atoms with van der Waals surface area (Å²) in [7, 11) is 0. The number of aromatic nitrogens is 2. The van der Waals surface area contributed by atoms with Crippen molar-refractivity contribution in [2.75, 3.05) is 0 Å². The number of rotatable bonds is 4. The zero-order chi connectivity index (χ0) is 16.6. The first-order valence-electron chi connectivity index (χ1n) is 7.81. The van der Waals surface area contributed by atoms with E-state index in [0.717, 1.165) is 40.7 Å². The molecule has 3 nitrogen and oxygen atoms in total. The fourth-order valence-electron chi connectivity index (χ4n) is 2.84. The van der Waals surface area contributed by atoms with Crippen molar-refractivity contribution in [3.63, 3.8) is 0 Å². The van der Waals surface area contributed by atoms with Crippen LogP contribution >= 0.6 is 22.9 Å². The lowest BCUT2D eigenvalue weighted by Crippen LogP contribution is -2.14. The Balaban J connectivity index is 2.04. The number of benzene rings is 1. The molecule has 0 saturated heterocycles. The van der Waals surface area contributed by atoms with Crippen molar-refractivity contribution < 1.29 is 4.79 Å². The highest BCUT2D eigenvalue weighted by molar-refractivity contribution is 7.21. The summed E-state index contributed by atoms with van der Waals surface area (Å²) in [4.78, 5) is 13.5. The van der Waals surface area contributed by atoms with Crippen LogP contribution in [0.4, 0.5) is 0 Å². The summed E-state index contributed by atoms with van der Waals surface area (Å²) in [6.45, 7) is 6.09. The fourth-order valence-corrected chi connectivity index (χ4v) is 4.27. The number of halogens is 1. The third-order valence-electron chi connectivity index (χ3n) is 4.14. The molecule has 0 bridgehead atoms. The fraction of sp³-hybridized carbons (Fsp3) is 0.333. The number of thiophene rings is 1. The van der Waals surface area contributed by atoms with Gasteiger partial charge in [0, 0.05) is 15.8 Å². The van der Waals surface area contributed by atoms with Crippen molar-refractivity contribution in [2.45, 2.75) is 40.0 Å². The summed E-state index contributed by atoms with van der Waals surface area (Å²) in [5, 5.41) is 5.92. The Labute approximate surface area is 144 Å². The molecular weight excluding hydrogens is 328 g/mol. The molecule has 1 aromatic carbocycles. The molecular formula is C18H19ClN2OS. The second kappa shape index (κ2) is 6.46. The van der Waals surface area contributed by atoms with Crippen LogP contribution in [0.25, 0.3) is 10.1 Å². The van der Waals surface area contributed by atoms with E-state index in [2.05, 4.69) is 12.0 Å². The van der Waals surface area contributed by atoms with E-state index in [1.54, 1.807) is 0 Å². The van der Waals surface area contributed by atoms with Crippen molar-refractivity contribution in [3.05, 3.63) is 51.1 Å². The maximum atomic E-state index is 12.9. The average Bonchev–Trinajstić information content (AvgIpc) is 3.03. The maximum Gasteiger partial charge on any atom is 0.290 e. The van der Waals surface area contributed by atoms with Crippen LogP contribution in [0.3, 0.4) is 0 Å². The molecule has 3 rings (SSSR count). The van der Waals surface area contributed by atoms with E-state index in [9.17, 15) is 4.79 Å². The van der Waals surface area contributed by atoms with Crippen molar-refractivity contribution in [1.29, 1.82) is 0 Å². The van der Waals surface area contributed by atoms with Crippen molar-refractivity contribution in [3.8, 4) is 0 Å². The van der Waals surface area contributed by atoms with E-state index < -0.39 is 0 Å². The summed E-state index contributed by atoms with van der Waals surface area (Å²) in [6.07, 6.45) is 3.19. The Bertz CT molecular complexity index is 879. The lowest BCUT2D eigenvalue weighted by molar-refractivity contribution is 0.0946. The van der Waals surface area contributed by atoms with Gasteiger partial charge in [0.1, 0.15) is 4.88 Å². The molecule has 120 valence electrons. The largest absolute Gasteiger partial charge is 0.290 e. The molecule has 0 spiro atoms. The van der Waals surface area contributed by atoms with Gasteiger partial charge in [-0.05, 0) is 38.3 Å². The SMILES string of the molecule is CCCCc1c(C)nn(C(=O)c2sc3ccccc3c2Cl)c1C. The molecule has 5 heteroatoms. The first-order chi connectivity index (χ1) is 11.0. The monoisotopic (exact) mass is 346 g/mol. The van der Waals surface area contributed by atoms with Crippen molar-refractivity contribution in [2.24, 2.45) is 0 Å². The van der Waals surface area contributed by atoms with Gasteiger partial charge >= 0.3 is 0 Å². The Morgan fingerprint density at radius 3 is 2.74 bits per heavy atom. The lowest BCUT2D eigenvalue weighted by atomic mass is 10.1. The molecule has 0 atom stereocenters. The Morgan fingerprint density at radius 2 is 2.04 bits per heavy atom. The summed E-state index contributed by atoms with van der Waals surface area (Å²) in [5.41, 5.74) is 3.04. The average molecular weight is 347 g/mol. The van der Waals surface area contributed by atoms with E-state index in [1.165, 1.54) is 21.6 Å². The van der Waals surface area contributed by atoms with Crippen LogP contribution in [0, 0.1) is 13.8 Å². The van der Waals surface area contributed by atoms with Gasteiger partial charge in [-0.1, -0.05) is 43.1 Å². The number of carbonyl (C=O) groups excluding carboxylic acids is 1. The highest BCUT2D eigenvalue weighted by Gasteiger charge is 2.22. The van der Waals surface area contributed by atoms with Crippen LogP contribution in [0.2, 0.25) is 5.02 Å². The molecule has 0 radical (unpaired) electrons. The summed E-state index contributed by atoms with van der Waals surface area (Å²) in [5.74, 6) is -0.139. The second-order valence-electron chi connectivity index (χ2n) is 5.71. The molecule has 0 fully saturated rings. The van der Waals surface area contributed by atoms with Gasteiger partial charge in [0.2, 0.25) is 0 Å². The molecule has 2 aromatic heterocycles. The predicted octanol–water partition coefficient (Wildman–Crippen LogP) is 5.40. The molecule has 0 aliphatic rings. The molecule has 3 aromatic rings. The van der Waals surface area contributed by atoms with Crippen molar-refractivity contribution in [1.82, 2.24) is 9.78 Å². The Hall–Kier alpha value is -1.65. The molecule has 23 heavy (non-hydrogen) atoms. The number of unbranched alkanes of at least 4 members (excludes halogenated alkanes) is 1. The first-order valence-corrected chi connectivity index (χ1v) is 9.00. The standard InChI is InChI=1S/C18H19ClN2OS/c1-4-5-8-13-11(2)20-21(12(13)3)18(22)17-16(19)14-9-6-7-10-15(14)23-17/h6-7,9-10H,4-5,8H2,1-3H3. The van der Waals surface area contributed by atoms with Crippen LogP contribution < -0.4 is 0 Å². The minimum absolute atomic E-state index is 0.139. The van der Waals surface area contributed by atoms with Gasteiger partial charge in [-0.2, -0.15) is 9.78 Å². The smallest absolute Gasteiger partial charge is 0.266 e. The number of carbonyl (C=O) groups is 1. The van der Waals surface area contributed by atoms with Gasteiger partial charge in [0.15, 0.2) is 0 Å². The van der Waals surface area contributed by atoms with Crippen LogP contribution in [-0.2, 0) is 6.42 Å². The van der Waals surface area contributed by atoms with E-state index in [-0.39, 0.29) is 5.91 Å². The second-order valence-corrected chi connectivity index (χ2v) is 7.14. The maximum absolute atomic E-state index is 12.9. The van der Waals surface area contributed by atoms with Crippen LogP contribution in [0.1, 0.15) is 46.4 Å². The van der Waals surface area contributed by atoms with Crippen LogP contribution in [0.5, 0.6) is 0 Å². The molecule has 0 saturated carbocycles. The molecule has 0 aliphatic carbocycles. The number of fused-ring (bicyclic) bond motifs is 1. The Morgan fingerprint density at radius 1 is 1.30 bits per heavy atom. The van der Waals surface area contributed by atoms with Gasteiger partial charge < -0.3 is 0 Å². The number of hydrogen-bond acceptors (Lipinski definition) is 3. The molecule has 0 unspecified atom stereocenters. The zero-order valence-electron chi connectivity index (χ0n) is 13.5. The quantitative estimate of drug-likeness (QED) is 0.634. The Kier molecular flexibility index (Phi) is 4.55. The summed E-state index contributed by atoms with van der Waals surface area (Å²) >= 11 is 7.86. The normalized spacial score (nSPS) is 11.3. The highest BCUT2D eigenvalue weighted by atomic mass is 35.5. The topological polar surface area (TPSA) is 34.9 Å². The van der Waals surface area contributed by atoms with Crippen LogP contribution in [-0.4, -0.2) is 15.7 Å². The zero-order valence-corrected chi connectivity index (χ0v) is 15.1. The predicted molar refractivity (Wildman–Crippen MR) is 96.9 cm³/mol. The minimum atomic E-state index is -0.139. The first kappa shape index (κ1) is 16.2. The number of hydrogen-bond donors (Lipinski definition) is 0. The van der Waals surface area contributed by atoms with E-state index in [1.807, 2.05) is 38.1 Å². The molecule has 0 aliphatic heterocycles. The third-order valence-corrected chi connectivity index (χ3v) is 5.81. The van der Waals surface area contributed by atoms with Gasteiger partial charge in [-0.15, -0.1) is 11.3 Å². The summed E-state index contributed by atoms with van der Waals surface area (Å²) < 4.78 is 2.53. The summed E-state index contributed by atoms with van der Waals surface area (Å²) in [6, 6.07) is 7.81. The van der Waals surface area contributed by atoms with Gasteiger partial charge in [-0.3, -0.25) is 4.79 Å². The van der Waals surface area contributed by atoms with Gasteiger partial charge in [-0.25, -0.2) is 0 Å². The molecule has 0 N–H and O–H groups in total.